The lowest BCUT2D eigenvalue weighted by atomic mass is 10.2. The summed E-state index contributed by atoms with van der Waals surface area (Å²) >= 11 is 5.75. The molecule has 0 saturated heterocycles. The van der Waals surface area contributed by atoms with E-state index in [1.165, 1.54) is 12.1 Å². The minimum atomic E-state index is -4.26. The highest BCUT2D eigenvalue weighted by Crippen LogP contribution is 2.37. The average molecular weight is 275 g/mol. The Morgan fingerprint density at radius 2 is 2.12 bits per heavy atom. The Labute approximate surface area is 100 Å². The van der Waals surface area contributed by atoms with Crippen molar-refractivity contribution in [3.05, 3.63) is 39.4 Å². The molecule has 1 aromatic heterocycles. The normalized spacial score (nSPS) is 11.9. The van der Waals surface area contributed by atoms with Gasteiger partial charge in [0.2, 0.25) is 0 Å². The topological polar surface area (TPSA) is 103 Å². The lowest BCUT2D eigenvalue weighted by Crippen LogP contribution is -2.11. The molecule has 2 rings (SSSR count). The van der Waals surface area contributed by atoms with Crippen molar-refractivity contribution in [2.45, 2.75) is 6.16 Å². The standard InChI is InChI=1S/C9H8ClN2O4P/c10-5-1-2-6-7(3-5)11-8(12-9(6)13)4-17(14,15)16/h1-3H,4H2,(H,11,12,13)(H2,14,15,16). The molecule has 0 radical (unpaired) electrons. The number of H-pyrrole nitrogens is 1. The summed E-state index contributed by atoms with van der Waals surface area (Å²) in [5.41, 5.74) is -0.139. The van der Waals surface area contributed by atoms with Crippen LogP contribution in [0.5, 0.6) is 0 Å². The first-order valence-corrected chi connectivity index (χ1v) is 6.76. The molecule has 0 fully saturated rings. The number of hydrogen-bond donors (Lipinski definition) is 3. The maximum absolute atomic E-state index is 11.6. The van der Waals surface area contributed by atoms with Gasteiger partial charge in [0.1, 0.15) is 12.0 Å². The predicted octanol–water partition coefficient (Wildman–Crippen LogP) is 1.25. The number of fused-ring (bicyclic) bond motifs is 1. The van der Waals surface area contributed by atoms with Crippen LogP contribution in [0.15, 0.2) is 23.0 Å². The zero-order valence-electron chi connectivity index (χ0n) is 8.42. The van der Waals surface area contributed by atoms with E-state index in [2.05, 4.69) is 9.97 Å². The molecule has 0 aliphatic heterocycles. The van der Waals surface area contributed by atoms with Crippen molar-refractivity contribution in [2.24, 2.45) is 0 Å². The predicted molar refractivity (Wildman–Crippen MR) is 63.1 cm³/mol. The fourth-order valence-corrected chi connectivity index (χ4v) is 2.14. The Bertz CT molecular complexity index is 678. The SMILES string of the molecule is O=c1[nH]c(CP(=O)(O)O)nc2cc(Cl)ccc12. The fraction of sp³-hybridized carbons (Fsp3) is 0.111. The number of aromatic nitrogens is 2. The smallest absolute Gasteiger partial charge is 0.324 e. The molecule has 8 heteroatoms. The summed E-state index contributed by atoms with van der Waals surface area (Å²) in [7, 11) is -4.26. The molecule has 0 atom stereocenters. The number of hydrogen-bond acceptors (Lipinski definition) is 3. The highest BCUT2D eigenvalue weighted by molar-refractivity contribution is 7.50. The van der Waals surface area contributed by atoms with Crippen molar-refractivity contribution in [1.82, 2.24) is 9.97 Å². The van der Waals surface area contributed by atoms with Crippen LogP contribution in [0.25, 0.3) is 10.9 Å². The van der Waals surface area contributed by atoms with Crippen LogP contribution in [-0.4, -0.2) is 19.8 Å². The first kappa shape index (κ1) is 12.3. The third-order valence-corrected chi connectivity index (χ3v) is 3.02. The largest absolute Gasteiger partial charge is 0.333 e. The zero-order chi connectivity index (χ0) is 12.6. The molecule has 0 spiro atoms. The van der Waals surface area contributed by atoms with E-state index in [9.17, 15) is 9.36 Å². The van der Waals surface area contributed by atoms with E-state index >= 15 is 0 Å². The van der Waals surface area contributed by atoms with Gasteiger partial charge in [-0.15, -0.1) is 0 Å². The molecule has 0 aliphatic carbocycles. The molecule has 1 heterocycles. The number of benzene rings is 1. The third kappa shape index (κ3) is 2.92. The first-order chi connectivity index (χ1) is 7.85. The fourth-order valence-electron chi connectivity index (χ4n) is 1.43. The summed E-state index contributed by atoms with van der Waals surface area (Å²) in [5.74, 6) is -0.0573. The average Bonchev–Trinajstić information content (AvgIpc) is 2.13. The number of nitrogens with one attached hydrogen (secondary N) is 1. The van der Waals surface area contributed by atoms with Crippen LogP contribution < -0.4 is 5.56 Å². The van der Waals surface area contributed by atoms with Crippen LogP contribution in [0.2, 0.25) is 5.02 Å². The summed E-state index contributed by atoms with van der Waals surface area (Å²) in [6, 6.07) is 4.52. The second-order valence-corrected chi connectivity index (χ2v) is 5.58. The zero-order valence-corrected chi connectivity index (χ0v) is 10.1. The van der Waals surface area contributed by atoms with Gasteiger partial charge in [0, 0.05) is 5.02 Å². The first-order valence-electron chi connectivity index (χ1n) is 4.58. The van der Waals surface area contributed by atoms with Gasteiger partial charge in [-0.25, -0.2) is 4.98 Å². The van der Waals surface area contributed by atoms with Gasteiger partial charge in [0.25, 0.3) is 5.56 Å². The number of rotatable bonds is 2. The van der Waals surface area contributed by atoms with Gasteiger partial charge in [0.15, 0.2) is 0 Å². The highest BCUT2D eigenvalue weighted by Gasteiger charge is 2.16. The van der Waals surface area contributed by atoms with E-state index in [1.54, 1.807) is 6.07 Å². The quantitative estimate of drug-likeness (QED) is 0.715. The highest BCUT2D eigenvalue weighted by atomic mass is 35.5. The van der Waals surface area contributed by atoms with Crippen LogP contribution in [0.1, 0.15) is 5.82 Å². The Kier molecular flexibility index (Phi) is 3.05. The lowest BCUT2D eigenvalue weighted by Gasteiger charge is -2.04. The number of halogens is 1. The van der Waals surface area contributed by atoms with Gasteiger partial charge in [-0.3, -0.25) is 9.36 Å². The molecule has 0 unspecified atom stereocenters. The molecule has 90 valence electrons. The van der Waals surface area contributed by atoms with Crippen LogP contribution in [-0.2, 0) is 10.7 Å². The molecule has 0 amide bonds. The second-order valence-electron chi connectivity index (χ2n) is 3.50. The van der Waals surface area contributed by atoms with Gasteiger partial charge in [-0.1, -0.05) is 11.6 Å². The van der Waals surface area contributed by atoms with Crippen molar-refractivity contribution in [2.75, 3.05) is 0 Å². The van der Waals surface area contributed by atoms with Gasteiger partial charge < -0.3 is 14.8 Å². The van der Waals surface area contributed by atoms with Crippen molar-refractivity contribution >= 4 is 30.1 Å². The molecule has 17 heavy (non-hydrogen) atoms. The molecule has 1 aromatic carbocycles. The summed E-state index contributed by atoms with van der Waals surface area (Å²) in [4.78, 5) is 35.5. The summed E-state index contributed by atoms with van der Waals surface area (Å²) in [6.45, 7) is 0. The van der Waals surface area contributed by atoms with E-state index in [-0.39, 0.29) is 5.82 Å². The molecule has 6 nitrogen and oxygen atoms in total. The monoisotopic (exact) mass is 274 g/mol. The lowest BCUT2D eigenvalue weighted by molar-refractivity contribution is 0.370. The summed E-state index contributed by atoms with van der Waals surface area (Å²) in [6.07, 6.45) is -0.606. The molecule has 2 aromatic rings. The van der Waals surface area contributed by atoms with Crippen LogP contribution in [0.4, 0.5) is 0 Å². The van der Waals surface area contributed by atoms with Crippen molar-refractivity contribution in [3.63, 3.8) is 0 Å². The van der Waals surface area contributed by atoms with Crippen LogP contribution >= 0.6 is 19.2 Å². The maximum Gasteiger partial charge on any atom is 0.333 e. The van der Waals surface area contributed by atoms with Crippen molar-refractivity contribution < 1.29 is 14.4 Å². The molecular formula is C9H8ClN2O4P. The van der Waals surface area contributed by atoms with Crippen LogP contribution in [0.3, 0.4) is 0 Å². The molecule has 3 N–H and O–H groups in total. The molecule has 0 saturated carbocycles. The minimum absolute atomic E-state index is 0.0573. The van der Waals surface area contributed by atoms with Gasteiger partial charge in [-0.2, -0.15) is 0 Å². The van der Waals surface area contributed by atoms with E-state index < -0.39 is 19.3 Å². The van der Waals surface area contributed by atoms with Gasteiger partial charge >= 0.3 is 7.60 Å². The van der Waals surface area contributed by atoms with E-state index in [4.69, 9.17) is 21.4 Å². The number of nitrogens with zero attached hydrogens (tertiary/aromatic N) is 1. The van der Waals surface area contributed by atoms with Gasteiger partial charge in [-0.05, 0) is 18.2 Å². The maximum atomic E-state index is 11.6. The van der Waals surface area contributed by atoms with E-state index in [0.717, 1.165) is 0 Å². The van der Waals surface area contributed by atoms with E-state index in [1.807, 2.05) is 0 Å². The summed E-state index contributed by atoms with van der Waals surface area (Å²) in [5, 5.41) is 0.724. The Balaban J connectivity index is 2.62. The Hall–Kier alpha value is -1.20. The summed E-state index contributed by atoms with van der Waals surface area (Å²) < 4.78 is 10.8. The van der Waals surface area contributed by atoms with Crippen molar-refractivity contribution in [3.8, 4) is 0 Å². The Morgan fingerprint density at radius 3 is 2.76 bits per heavy atom. The minimum Gasteiger partial charge on any atom is -0.324 e. The Morgan fingerprint density at radius 1 is 1.41 bits per heavy atom. The van der Waals surface area contributed by atoms with Crippen LogP contribution in [0, 0.1) is 0 Å². The molecular weight excluding hydrogens is 267 g/mol. The molecule has 0 aliphatic rings. The number of aromatic amines is 1. The van der Waals surface area contributed by atoms with Crippen molar-refractivity contribution in [1.29, 1.82) is 0 Å². The van der Waals surface area contributed by atoms with Gasteiger partial charge in [0.05, 0.1) is 10.9 Å². The van der Waals surface area contributed by atoms with E-state index in [0.29, 0.717) is 15.9 Å². The molecule has 0 bridgehead atoms. The second kappa shape index (κ2) is 4.23. The third-order valence-electron chi connectivity index (χ3n) is 2.07.